The molecule has 0 aliphatic carbocycles. The van der Waals surface area contributed by atoms with E-state index in [2.05, 4.69) is 97.1 Å². The van der Waals surface area contributed by atoms with Crippen LogP contribution in [-0.4, -0.2) is 37.0 Å². The van der Waals surface area contributed by atoms with Gasteiger partial charge in [0.15, 0.2) is 20.2 Å². The van der Waals surface area contributed by atoms with Crippen molar-refractivity contribution in [2.24, 2.45) is 0 Å². The van der Waals surface area contributed by atoms with Gasteiger partial charge in [-0.15, -0.1) is 0 Å². The van der Waals surface area contributed by atoms with Crippen molar-refractivity contribution in [3.8, 4) is 67.5 Å². The van der Waals surface area contributed by atoms with E-state index >= 15 is 0 Å². The zero-order valence-electron chi connectivity index (χ0n) is 29.5. The minimum absolute atomic E-state index is 0.834. The van der Waals surface area contributed by atoms with Crippen molar-refractivity contribution >= 4 is 20.2 Å². The van der Waals surface area contributed by atoms with Crippen LogP contribution in [0.3, 0.4) is 0 Å². The van der Waals surface area contributed by atoms with E-state index in [1.165, 1.54) is 0 Å². The van der Waals surface area contributed by atoms with Crippen molar-refractivity contribution in [2.45, 2.75) is 11.0 Å². The summed E-state index contributed by atoms with van der Waals surface area (Å²) in [5.41, 5.74) is -2.67. The molecule has 7 aromatic rings. The molecule has 0 fully saturated rings. The number of rotatable bonds is 6. The van der Waals surface area contributed by atoms with Gasteiger partial charge in [0.1, 0.15) is 0 Å². The first-order chi connectivity index (χ1) is 27.3. The van der Waals surface area contributed by atoms with Crippen LogP contribution in [0, 0.1) is 0 Å². The van der Waals surface area contributed by atoms with Crippen LogP contribution in [0.4, 0.5) is 26.3 Å². The number of hydrogen-bond donors (Lipinski definition) is 0. The van der Waals surface area contributed by atoms with Gasteiger partial charge < -0.3 is 9.11 Å². The molecule has 2 heterocycles. The van der Waals surface area contributed by atoms with Crippen LogP contribution in [-0.2, 0) is 20.2 Å². The van der Waals surface area contributed by atoms with Crippen LogP contribution in [0.15, 0.2) is 179 Å². The molecule has 2 aromatic heterocycles. The highest BCUT2D eigenvalue weighted by Crippen LogP contribution is 2.36. The van der Waals surface area contributed by atoms with Gasteiger partial charge in [-0.2, -0.15) is 26.3 Å². The number of alkyl halides is 6. The topological polar surface area (TPSA) is 137 Å². The van der Waals surface area contributed by atoms with Crippen molar-refractivity contribution in [2.75, 3.05) is 0 Å². The molecule has 0 radical (unpaired) electrons. The average molecular weight is 839 g/mol. The van der Waals surface area contributed by atoms with Gasteiger partial charge in [0.05, 0.1) is 46.5 Å². The van der Waals surface area contributed by atoms with E-state index in [1.54, 1.807) is 0 Å². The van der Waals surface area contributed by atoms with Gasteiger partial charge in [-0.3, -0.25) is 0 Å². The Bertz CT molecular complexity index is 2360. The summed E-state index contributed by atoms with van der Waals surface area (Å²) in [5, 5.41) is 0. The van der Waals surface area contributed by atoms with Crippen molar-refractivity contribution < 1.29 is 61.1 Å². The summed E-state index contributed by atoms with van der Waals surface area (Å²) < 4.78 is 131. The molecule has 5 aromatic carbocycles. The van der Waals surface area contributed by atoms with Gasteiger partial charge in [0.2, 0.25) is 0 Å². The fourth-order valence-electron chi connectivity index (χ4n) is 5.17. The van der Waals surface area contributed by atoms with Crippen molar-refractivity contribution in [1.82, 2.24) is 0 Å². The lowest BCUT2D eigenvalue weighted by Crippen LogP contribution is -2.21. The molecule has 0 aliphatic rings. The smallest absolute Gasteiger partial charge is 0.485 e. The van der Waals surface area contributed by atoms with E-state index < -0.39 is 31.3 Å². The van der Waals surface area contributed by atoms with Crippen LogP contribution in [0.25, 0.3) is 67.5 Å². The highest BCUT2D eigenvalue weighted by molar-refractivity contribution is 7.86. The Morgan fingerprint density at radius 1 is 0.328 bits per heavy atom. The molecule has 0 amide bonds. The van der Waals surface area contributed by atoms with Crippen LogP contribution in [0.5, 0.6) is 0 Å². The number of hydrogen-bond acceptors (Lipinski definition) is 6. The van der Waals surface area contributed by atoms with Crippen molar-refractivity contribution in [1.29, 1.82) is 0 Å². The normalized spacial score (nSPS) is 11.7. The Labute approximate surface area is 328 Å². The summed E-state index contributed by atoms with van der Waals surface area (Å²) >= 11 is 0. The van der Waals surface area contributed by atoms with Crippen LogP contribution in [0.2, 0.25) is 0 Å². The van der Waals surface area contributed by atoms with Crippen molar-refractivity contribution in [3.05, 3.63) is 170 Å². The molecule has 0 saturated carbocycles. The fourth-order valence-corrected chi connectivity index (χ4v) is 5.17. The first-order valence-electron chi connectivity index (χ1n) is 16.6. The first kappa shape index (κ1) is 42.9. The monoisotopic (exact) mass is 838 g/mol. The summed E-state index contributed by atoms with van der Waals surface area (Å²) in [5.74, 6) is 3.34. The summed E-state index contributed by atoms with van der Waals surface area (Å²) in [4.78, 5) is 0. The maximum atomic E-state index is 10.7. The summed E-state index contributed by atoms with van der Waals surface area (Å²) in [6, 6.07) is 58.2. The molecule has 0 bridgehead atoms. The Kier molecular flexibility index (Phi) is 13.3. The van der Waals surface area contributed by atoms with E-state index in [1.807, 2.05) is 72.8 Å². The fraction of sp³-hybridized carbons (Fsp3) is 0.0476. The van der Waals surface area contributed by atoms with Gasteiger partial charge in [-0.25, -0.2) is 25.7 Å². The first-order valence-corrected chi connectivity index (χ1v) is 19.4. The highest BCUT2D eigenvalue weighted by Gasteiger charge is 2.37. The number of benzene rings is 5. The third-order valence-electron chi connectivity index (χ3n) is 7.94. The largest absolute Gasteiger partial charge is 0.741 e. The minimum atomic E-state index is -6.09. The molecular formula is C42H28F6O8S2. The molecule has 0 atom stereocenters. The zero-order valence-corrected chi connectivity index (χ0v) is 31.1. The standard InChI is InChI=1S/C40H28O2.2CHF3O3S/c1-5-13-31(14-6-1)37-25-35(26-38(41-37)32-15-7-2-8-16-32)29-21-23-30(24-22-29)36-27-39(33-17-9-3-10-18-33)42-40(28-36)34-19-11-4-12-20-34;2*2-1(3,4)8(5,6)7/h1-28H;2*(H,5,6,7)/q+2;;/p-2. The Morgan fingerprint density at radius 3 is 0.690 bits per heavy atom. The third kappa shape index (κ3) is 11.4. The molecular weight excluding hydrogens is 811 g/mol. The second-order valence-corrected chi connectivity index (χ2v) is 14.7. The van der Waals surface area contributed by atoms with Gasteiger partial charge in [-0.05, 0) is 59.7 Å². The average Bonchev–Trinajstić information content (AvgIpc) is 3.21. The van der Waals surface area contributed by atoms with E-state index in [4.69, 9.17) is 34.8 Å². The molecule has 7 rings (SSSR count). The second-order valence-electron chi connectivity index (χ2n) is 12.0. The molecule has 16 heteroatoms. The highest BCUT2D eigenvalue weighted by atomic mass is 32.2. The molecule has 0 unspecified atom stereocenters. The van der Waals surface area contributed by atoms with Crippen LogP contribution < -0.4 is 0 Å². The SMILES string of the molecule is O=S(=O)([O-])C(F)(F)F.O=S(=O)([O-])C(F)(F)F.c1ccc(-c2cc(-c3ccc(-c4cc(-c5ccccc5)[o+]c(-c5ccccc5)c4)cc3)cc(-c3ccccc3)[o+]2)cc1. The lowest BCUT2D eigenvalue weighted by molar-refractivity contribution is -0.0522. The van der Waals surface area contributed by atoms with Gasteiger partial charge in [0, 0.05) is 11.1 Å². The third-order valence-corrected chi connectivity index (χ3v) is 9.07. The van der Waals surface area contributed by atoms with E-state index in [0.717, 1.165) is 67.5 Å². The van der Waals surface area contributed by atoms with E-state index in [9.17, 15) is 26.3 Å². The molecule has 298 valence electrons. The van der Waals surface area contributed by atoms with E-state index in [-0.39, 0.29) is 0 Å². The predicted molar refractivity (Wildman–Crippen MR) is 204 cm³/mol. The summed E-state index contributed by atoms with van der Waals surface area (Å²) in [7, 11) is -12.2. The van der Waals surface area contributed by atoms with Gasteiger partial charge >= 0.3 is 34.1 Å². The minimum Gasteiger partial charge on any atom is -0.741 e. The maximum Gasteiger partial charge on any atom is 0.485 e. The summed E-state index contributed by atoms with van der Waals surface area (Å²) in [6.07, 6.45) is 0. The molecule has 0 N–H and O–H groups in total. The lowest BCUT2D eigenvalue weighted by atomic mass is 9.97. The summed E-state index contributed by atoms with van der Waals surface area (Å²) in [6.45, 7) is 0. The van der Waals surface area contributed by atoms with E-state index in [0.29, 0.717) is 0 Å². The lowest BCUT2D eigenvalue weighted by Gasteiger charge is -2.08. The molecule has 0 aliphatic heterocycles. The van der Waals surface area contributed by atoms with Crippen molar-refractivity contribution in [3.63, 3.8) is 0 Å². The van der Waals surface area contributed by atoms with Gasteiger partial charge in [-0.1, -0.05) is 97.1 Å². The molecule has 0 saturated heterocycles. The maximum absolute atomic E-state index is 10.7. The Morgan fingerprint density at radius 2 is 0.517 bits per heavy atom. The molecule has 0 spiro atoms. The molecule has 8 nitrogen and oxygen atoms in total. The molecule has 58 heavy (non-hydrogen) atoms. The Balaban J connectivity index is 0.000000339. The number of halogens is 6. The van der Waals surface area contributed by atoms with Gasteiger partial charge in [0.25, 0.3) is 0 Å². The predicted octanol–water partition coefficient (Wildman–Crippen LogP) is 11.5. The van der Waals surface area contributed by atoms with Crippen LogP contribution in [0.1, 0.15) is 0 Å². The zero-order chi connectivity index (χ0) is 42.1. The van der Waals surface area contributed by atoms with Crippen LogP contribution >= 0.6 is 0 Å². The quantitative estimate of drug-likeness (QED) is 0.0698. The Hall–Kier alpha value is -6.20. The second kappa shape index (κ2) is 17.9.